The number of hydrogen-bond donors (Lipinski definition) is 4. The highest BCUT2D eigenvalue weighted by molar-refractivity contribution is 6.35. The number of imide groups is 1. The Morgan fingerprint density at radius 3 is 2.43 bits per heavy atom. The summed E-state index contributed by atoms with van der Waals surface area (Å²) in [6.07, 6.45) is 4.61. The Kier molecular flexibility index (Phi) is 7.80. The summed E-state index contributed by atoms with van der Waals surface area (Å²) in [5, 5.41) is 10.6. The van der Waals surface area contributed by atoms with Gasteiger partial charge >= 0.3 is 6.03 Å². The quantitative estimate of drug-likeness (QED) is 0.201. The van der Waals surface area contributed by atoms with Crippen molar-refractivity contribution in [2.45, 2.75) is 6.92 Å². The Morgan fingerprint density at radius 2 is 1.70 bits per heavy atom. The number of urea groups is 1. The van der Waals surface area contributed by atoms with Crippen LogP contribution in [-0.4, -0.2) is 30.2 Å². The standard InChI is InChI=1S/C28H23ClN4O4/c1-17-7-2-4-10-20(17)26(35)21-13-12-19(15-22(21)29)31-23-11-5-3-8-18(23)9-6-14-30-25(34)16-24-27(36)33-28(37)32-24/h2-13,15-16,31H,14H2,1H3,(H,30,34)(H2,32,33,36,37)/b9-6+,24-16-. The maximum absolute atomic E-state index is 12.9. The van der Waals surface area contributed by atoms with E-state index in [0.29, 0.717) is 21.8 Å². The van der Waals surface area contributed by atoms with Gasteiger partial charge in [-0.15, -0.1) is 0 Å². The molecule has 186 valence electrons. The van der Waals surface area contributed by atoms with Crippen molar-refractivity contribution in [2.75, 3.05) is 11.9 Å². The largest absolute Gasteiger partial charge is 0.355 e. The van der Waals surface area contributed by atoms with Crippen LogP contribution in [0, 0.1) is 6.92 Å². The molecule has 37 heavy (non-hydrogen) atoms. The second-order valence-corrected chi connectivity index (χ2v) is 8.57. The van der Waals surface area contributed by atoms with Gasteiger partial charge in [0.15, 0.2) is 5.78 Å². The summed E-state index contributed by atoms with van der Waals surface area (Å²) in [5.41, 5.74) is 4.18. The molecule has 0 spiro atoms. The number of para-hydroxylation sites is 1. The van der Waals surface area contributed by atoms with Gasteiger partial charge in [0.2, 0.25) is 5.91 Å². The summed E-state index contributed by atoms with van der Waals surface area (Å²) < 4.78 is 0. The summed E-state index contributed by atoms with van der Waals surface area (Å²) in [4.78, 5) is 47.5. The molecular formula is C28H23ClN4O4. The van der Waals surface area contributed by atoms with Gasteiger partial charge in [-0.3, -0.25) is 19.7 Å². The maximum Gasteiger partial charge on any atom is 0.326 e. The van der Waals surface area contributed by atoms with Crippen molar-refractivity contribution in [3.63, 3.8) is 0 Å². The van der Waals surface area contributed by atoms with Crippen molar-refractivity contribution in [3.05, 3.63) is 112 Å². The fourth-order valence-electron chi connectivity index (χ4n) is 3.67. The van der Waals surface area contributed by atoms with Crippen molar-refractivity contribution in [3.8, 4) is 0 Å². The van der Waals surface area contributed by atoms with E-state index in [4.69, 9.17) is 11.6 Å². The van der Waals surface area contributed by atoms with Gasteiger partial charge < -0.3 is 16.0 Å². The molecule has 1 aliphatic rings. The average Bonchev–Trinajstić information content (AvgIpc) is 3.18. The Balaban J connectivity index is 1.41. The first-order valence-corrected chi connectivity index (χ1v) is 11.7. The van der Waals surface area contributed by atoms with Crippen LogP contribution in [0.25, 0.3) is 6.08 Å². The molecule has 4 rings (SSSR count). The molecule has 0 atom stereocenters. The van der Waals surface area contributed by atoms with Crippen LogP contribution in [0.5, 0.6) is 0 Å². The van der Waals surface area contributed by atoms with Crippen molar-refractivity contribution in [1.82, 2.24) is 16.0 Å². The lowest BCUT2D eigenvalue weighted by molar-refractivity contribution is -0.118. The minimum Gasteiger partial charge on any atom is -0.355 e. The number of carbonyl (C=O) groups is 4. The molecule has 1 heterocycles. The van der Waals surface area contributed by atoms with E-state index >= 15 is 0 Å². The first kappa shape index (κ1) is 25.4. The summed E-state index contributed by atoms with van der Waals surface area (Å²) in [7, 11) is 0. The molecule has 0 saturated carbocycles. The Hall–Kier alpha value is -4.69. The van der Waals surface area contributed by atoms with E-state index < -0.39 is 17.8 Å². The number of anilines is 2. The van der Waals surface area contributed by atoms with Gasteiger partial charge in [0, 0.05) is 35.1 Å². The van der Waals surface area contributed by atoms with Crippen LogP contribution in [0.3, 0.4) is 0 Å². The van der Waals surface area contributed by atoms with E-state index in [-0.39, 0.29) is 18.0 Å². The number of hydrogen-bond acceptors (Lipinski definition) is 5. The molecule has 8 nitrogen and oxygen atoms in total. The van der Waals surface area contributed by atoms with Gasteiger partial charge in [0.1, 0.15) is 5.70 Å². The van der Waals surface area contributed by atoms with Crippen LogP contribution in [-0.2, 0) is 9.59 Å². The lowest BCUT2D eigenvalue weighted by Gasteiger charge is -2.12. The van der Waals surface area contributed by atoms with Gasteiger partial charge in [-0.1, -0.05) is 66.2 Å². The zero-order valence-electron chi connectivity index (χ0n) is 19.8. The van der Waals surface area contributed by atoms with Gasteiger partial charge in [-0.05, 0) is 42.3 Å². The highest BCUT2D eigenvalue weighted by Gasteiger charge is 2.23. The highest BCUT2D eigenvalue weighted by Crippen LogP contribution is 2.28. The van der Waals surface area contributed by atoms with Crippen LogP contribution in [0.2, 0.25) is 5.02 Å². The average molecular weight is 515 g/mol. The number of carbonyl (C=O) groups excluding carboxylic acids is 4. The minimum absolute atomic E-state index is 0.105. The first-order valence-electron chi connectivity index (χ1n) is 11.4. The van der Waals surface area contributed by atoms with E-state index in [1.54, 1.807) is 30.3 Å². The predicted molar refractivity (Wildman–Crippen MR) is 143 cm³/mol. The molecule has 0 radical (unpaired) electrons. The van der Waals surface area contributed by atoms with E-state index in [0.717, 1.165) is 22.9 Å². The van der Waals surface area contributed by atoms with E-state index in [1.807, 2.05) is 60.8 Å². The summed E-state index contributed by atoms with van der Waals surface area (Å²) in [5.74, 6) is -1.30. The number of halogens is 1. The van der Waals surface area contributed by atoms with Crippen LogP contribution >= 0.6 is 11.6 Å². The first-order chi connectivity index (χ1) is 17.8. The molecule has 0 aliphatic carbocycles. The second-order valence-electron chi connectivity index (χ2n) is 8.16. The topological polar surface area (TPSA) is 116 Å². The van der Waals surface area contributed by atoms with Crippen LogP contribution in [0.4, 0.5) is 16.2 Å². The lowest BCUT2D eigenvalue weighted by Crippen LogP contribution is -2.23. The molecule has 1 fully saturated rings. The fraction of sp³-hybridized carbons (Fsp3) is 0.0714. The predicted octanol–water partition coefficient (Wildman–Crippen LogP) is 4.48. The van der Waals surface area contributed by atoms with Crippen LogP contribution in [0.15, 0.2) is 84.6 Å². The van der Waals surface area contributed by atoms with E-state index in [2.05, 4.69) is 16.0 Å². The molecule has 3 aromatic rings. The summed E-state index contributed by atoms with van der Waals surface area (Å²) in [6, 6.07) is 19.5. The van der Waals surface area contributed by atoms with Crippen LogP contribution < -0.4 is 21.3 Å². The third-order valence-electron chi connectivity index (χ3n) is 5.53. The molecule has 4 N–H and O–H groups in total. The molecule has 3 aromatic carbocycles. The van der Waals surface area contributed by atoms with Crippen LogP contribution in [0.1, 0.15) is 27.0 Å². The third-order valence-corrected chi connectivity index (χ3v) is 5.84. The van der Waals surface area contributed by atoms with Gasteiger partial charge in [0.05, 0.1) is 5.02 Å². The highest BCUT2D eigenvalue weighted by atomic mass is 35.5. The van der Waals surface area contributed by atoms with Crippen molar-refractivity contribution < 1.29 is 19.2 Å². The zero-order valence-corrected chi connectivity index (χ0v) is 20.6. The molecule has 1 saturated heterocycles. The molecule has 9 heteroatoms. The number of rotatable bonds is 8. The van der Waals surface area contributed by atoms with Gasteiger partial charge in [-0.2, -0.15) is 0 Å². The Labute approximate surface area is 218 Å². The molecular weight excluding hydrogens is 492 g/mol. The number of ketones is 1. The third kappa shape index (κ3) is 6.31. The number of nitrogens with one attached hydrogen (secondary N) is 4. The summed E-state index contributed by atoms with van der Waals surface area (Å²) >= 11 is 6.47. The number of benzene rings is 3. The monoisotopic (exact) mass is 514 g/mol. The SMILES string of the molecule is Cc1ccccc1C(=O)c1ccc(Nc2ccccc2/C=C/CNC(=O)/C=C2\NC(=O)NC2=O)cc1Cl. The van der Waals surface area contributed by atoms with Crippen molar-refractivity contribution in [1.29, 1.82) is 0 Å². The smallest absolute Gasteiger partial charge is 0.326 e. The molecule has 0 aromatic heterocycles. The second kappa shape index (κ2) is 11.4. The Bertz CT molecular complexity index is 1460. The molecule has 0 unspecified atom stereocenters. The fourth-order valence-corrected chi connectivity index (χ4v) is 3.94. The van der Waals surface area contributed by atoms with Crippen molar-refractivity contribution in [2.24, 2.45) is 0 Å². The van der Waals surface area contributed by atoms with Gasteiger partial charge in [-0.25, -0.2) is 4.79 Å². The summed E-state index contributed by atoms with van der Waals surface area (Å²) in [6.45, 7) is 2.09. The van der Waals surface area contributed by atoms with E-state index in [1.165, 1.54) is 0 Å². The molecule has 0 bridgehead atoms. The lowest BCUT2D eigenvalue weighted by atomic mass is 9.99. The minimum atomic E-state index is -0.665. The zero-order chi connectivity index (χ0) is 26.4. The molecule has 4 amide bonds. The Morgan fingerprint density at radius 1 is 0.946 bits per heavy atom. The maximum atomic E-state index is 12.9. The van der Waals surface area contributed by atoms with E-state index in [9.17, 15) is 19.2 Å². The number of aryl methyl sites for hydroxylation is 1. The normalized spacial score (nSPS) is 13.9. The molecule has 1 aliphatic heterocycles. The van der Waals surface area contributed by atoms with Crippen molar-refractivity contribution >= 4 is 52.7 Å². The van der Waals surface area contributed by atoms with Gasteiger partial charge in [0.25, 0.3) is 5.91 Å². The number of amides is 4.